The first-order valence-electron chi connectivity index (χ1n) is 9.82. The van der Waals surface area contributed by atoms with Crippen molar-refractivity contribution in [3.63, 3.8) is 0 Å². The molecule has 1 aromatic carbocycles. The van der Waals surface area contributed by atoms with Gasteiger partial charge < -0.3 is 20.6 Å². The van der Waals surface area contributed by atoms with Crippen LogP contribution in [0, 0.1) is 0 Å². The van der Waals surface area contributed by atoms with Crippen molar-refractivity contribution in [2.45, 2.75) is 58.1 Å². The number of nitrogens with zero attached hydrogens (tertiary/aromatic N) is 2. The van der Waals surface area contributed by atoms with Crippen molar-refractivity contribution in [3.8, 4) is 0 Å². The fourth-order valence-electron chi connectivity index (χ4n) is 3.28. The topological polar surface area (TPSA) is 59.9 Å². The van der Waals surface area contributed by atoms with Crippen LogP contribution >= 0.6 is 24.0 Å². The number of aliphatic hydroxyl groups is 1. The highest BCUT2D eigenvalue weighted by atomic mass is 127. The minimum Gasteiger partial charge on any atom is -0.386 e. The number of aliphatic hydroxyl groups excluding tert-OH is 1. The highest BCUT2D eigenvalue weighted by molar-refractivity contribution is 14.0. The lowest BCUT2D eigenvalue weighted by Gasteiger charge is -2.21. The van der Waals surface area contributed by atoms with Gasteiger partial charge in [0.2, 0.25) is 0 Å². The second-order valence-electron chi connectivity index (χ2n) is 8.26. The number of benzene rings is 1. The third-order valence-electron chi connectivity index (χ3n) is 5.10. The van der Waals surface area contributed by atoms with Gasteiger partial charge in [-0.3, -0.25) is 4.99 Å². The molecule has 154 valence electrons. The van der Waals surface area contributed by atoms with E-state index >= 15 is 0 Å². The molecule has 2 unspecified atom stereocenters. The molecule has 1 heterocycles. The van der Waals surface area contributed by atoms with Gasteiger partial charge in [-0.2, -0.15) is 0 Å². The van der Waals surface area contributed by atoms with Gasteiger partial charge in [-0.25, -0.2) is 0 Å². The summed E-state index contributed by atoms with van der Waals surface area (Å²) in [6.07, 6.45) is 1.90. The number of likely N-dealkylation sites (tertiary alicyclic amines) is 1. The molecular formula is C21H37IN4O. The average Bonchev–Trinajstić information content (AvgIpc) is 3.01. The average molecular weight is 488 g/mol. The second kappa shape index (κ2) is 11.2. The molecule has 1 aliphatic rings. The normalized spacial score (nSPS) is 19.5. The van der Waals surface area contributed by atoms with Crippen molar-refractivity contribution in [3.05, 3.63) is 35.4 Å². The Morgan fingerprint density at radius 2 is 1.93 bits per heavy atom. The fourth-order valence-corrected chi connectivity index (χ4v) is 3.28. The minimum atomic E-state index is -0.589. The van der Waals surface area contributed by atoms with Gasteiger partial charge >= 0.3 is 0 Å². The SMILES string of the molecule is CCNC(=NCC(O)c1ccc(C(C)(C)C)cc1)NCC1CCCN1C.I. The molecule has 3 N–H and O–H groups in total. The smallest absolute Gasteiger partial charge is 0.191 e. The van der Waals surface area contributed by atoms with Gasteiger partial charge in [0.15, 0.2) is 5.96 Å². The summed E-state index contributed by atoms with van der Waals surface area (Å²) in [5.41, 5.74) is 2.30. The van der Waals surface area contributed by atoms with Crippen LogP contribution in [0.5, 0.6) is 0 Å². The van der Waals surface area contributed by atoms with Crippen LogP contribution in [0.15, 0.2) is 29.3 Å². The number of nitrogens with one attached hydrogen (secondary N) is 2. The summed E-state index contributed by atoms with van der Waals surface area (Å²) in [6, 6.07) is 8.78. The summed E-state index contributed by atoms with van der Waals surface area (Å²) in [6.45, 7) is 11.9. The summed E-state index contributed by atoms with van der Waals surface area (Å²) in [5.74, 6) is 0.776. The van der Waals surface area contributed by atoms with Gasteiger partial charge in [0.05, 0.1) is 12.6 Å². The van der Waals surface area contributed by atoms with E-state index < -0.39 is 6.10 Å². The number of likely N-dealkylation sites (N-methyl/N-ethyl adjacent to an activating group) is 1. The molecular weight excluding hydrogens is 451 g/mol. The Morgan fingerprint density at radius 1 is 1.26 bits per heavy atom. The van der Waals surface area contributed by atoms with Crippen LogP contribution < -0.4 is 10.6 Å². The number of hydrogen-bond acceptors (Lipinski definition) is 3. The lowest BCUT2D eigenvalue weighted by atomic mass is 9.86. The number of halogens is 1. The summed E-state index contributed by atoms with van der Waals surface area (Å²) in [4.78, 5) is 6.96. The molecule has 1 aromatic rings. The molecule has 2 rings (SSSR count). The van der Waals surface area contributed by atoms with Gasteiger partial charge in [-0.15, -0.1) is 24.0 Å². The van der Waals surface area contributed by atoms with E-state index in [0.29, 0.717) is 12.6 Å². The molecule has 2 atom stereocenters. The van der Waals surface area contributed by atoms with Gasteiger partial charge in [0, 0.05) is 19.1 Å². The van der Waals surface area contributed by atoms with E-state index in [4.69, 9.17) is 0 Å². The molecule has 0 spiro atoms. The Kier molecular flexibility index (Phi) is 10.0. The molecule has 6 heteroatoms. The Labute approximate surface area is 182 Å². The quantitative estimate of drug-likeness (QED) is 0.327. The van der Waals surface area contributed by atoms with Crippen molar-refractivity contribution in [2.24, 2.45) is 4.99 Å². The van der Waals surface area contributed by atoms with Crippen molar-refractivity contribution in [1.29, 1.82) is 0 Å². The Morgan fingerprint density at radius 3 is 2.44 bits per heavy atom. The molecule has 1 saturated heterocycles. The van der Waals surface area contributed by atoms with E-state index in [0.717, 1.165) is 24.6 Å². The summed E-state index contributed by atoms with van der Waals surface area (Å²) in [5, 5.41) is 17.2. The van der Waals surface area contributed by atoms with Crippen LogP contribution in [0.3, 0.4) is 0 Å². The highest BCUT2D eigenvalue weighted by Crippen LogP contribution is 2.24. The number of rotatable bonds is 6. The molecule has 1 aliphatic heterocycles. The van der Waals surface area contributed by atoms with Crippen LogP contribution in [0.2, 0.25) is 0 Å². The standard InChI is InChI=1S/C21H36N4O.HI/c1-6-22-20(23-14-18-8-7-13-25(18)5)24-15-19(26)16-9-11-17(12-10-16)21(2,3)4;/h9-12,18-19,26H,6-8,13-15H2,1-5H3,(H2,22,23,24);1H. The molecule has 0 aliphatic carbocycles. The zero-order valence-electron chi connectivity index (χ0n) is 17.5. The summed E-state index contributed by atoms with van der Waals surface area (Å²) < 4.78 is 0. The van der Waals surface area contributed by atoms with E-state index in [9.17, 15) is 5.11 Å². The molecule has 0 aromatic heterocycles. The molecule has 0 saturated carbocycles. The van der Waals surface area contributed by atoms with Gasteiger partial charge in [-0.05, 0) is 49.9 Å². The van der Waals surface area contributed by atoms with Crippen LogP contribution in [0.25, 0.3) is 0 Å². The molecule has 1 fully saturated rings. The van der Waals surface area contributed by atoms with Crippen molar-refractivity contribution in [1.82, 2.24) is 15.5 Å². The van der Waals surface area contributed by atoms with Gasteiger partial charge in [-0.1, -0.05) is 45.0 Å². The third kappa shape index (κ3) is 7.58. The maximum atomic E-state index is 10.5. The van der Waals surface area contributed by atoms with E-state index in [1.165, 1.54) is 24.9 Å². The minimum absolute atomic E-state index is 0. The first-order valence-corrected chi connectivity index (χ1v) is 9.82. The highest BCUT2D eigenvalue weighted by Gasteiger charge is 2.20. The molecule has 0 bridgehead atoms. The van der Waals surface area contributed by atoms with E-state index in [-0.39, 0.29) is 29.4 Å². The fraction of sp³-hybridized carbons (Fsp3) is 0.667. The molecule has 5 nitrogen and oxygen atoms in total. The van der Waals surface area contributed by atoms with Crippen LogP contribution in [0.4, 0.5) is 0 Å². The number of guanidine groups is 1. The molecule has 27 heavy (non-hydrogen) atoms. The van der Waals surface area contributed by atoms with Gasteiger partial charge in [0.25, 0.3) is 0 Å². The van der Waals surface area contributed by atoms with Crippen LogP contribution in [0.1, 0.15) is 57.8 Å². The lowest BCUT2D eigenvalue weighted by molar-refractivity contribution is 0.187. The Balaban J connectivity index is 0.00000364. The lowest BCUT2D eigenvalue weighted by Crippen LogP contribution is -2.44. The van der Waals surface area contributed by atoms with E-state index in [1.807, 2.05) is 12.1 Å². The van der Waals surface area contributed by atoms with E-state index in [2.05, 4.69) is 67.4 Å². The summed E-state index contributed by atoms with van der Waals surface area (Å²) in [7, 11) is 2.18. The molecule has 0 radical (unpaired) electrons. The monoisotopic (exact) mass is 488 g/mol. The molecule has 0 amide bonds. The van der Waals surface area contributed by atoms with Crippen molar-refractivity contribution < 1.29 is 5.11 Å². The predicted molar refractivity (Wildman–Crippen MR) is 125 cm³/mol. The Hall–Kier alpha value is -0.860. The summed E-state index contributed by atoms with van der Waals surface area (Å²) >= 11 is 0. The van der Waals surface area contributed by atoms with Crippen molar-refractivity contribution in [2.75, 3.05) is 33.2 Å². The van der Waals surface area contributed by atoms with E-state index in [1.54, 1.807) is 0 Å². The van der Waals surface area contributed by atoms with Crippen molar-refractivity contribution >= 4 is 29.9 Å². The van der Waals surface area contributed by atoms with Gasteiger partial charge in [0.1, 0.15) is 0 Å². The van der Waals surface area contributed by atoms with Crippen LogP contribution in [-0.2, 0) is 5.41 Å². The Bertz CT molecular complexity index is 583. The zero-order valence-corrected chi connectivity index (χ0v) is 19.8. The maximum absolute atomic E-state index is 10.5. The van der Waals surface area contributed by atoms with Crippen LogP contribution in [-0.4, -0.2) is 55.2 Å². The first-order chi connectivity index (χ1) is 12.3. The first kappa shape index (κ1) is 24.2. The third-order valence-corrected chi connectivity index (χ3v) is 5.10. The maximum Gasteiger partial charge on any atom is 0.191 e. The zero-order chi connectivity index (χ0) is 19.2. The largest absolute Gasteiger partial charge is 0.386 e. The second-order valence-corrected chi connectivity index (χ2v) is 8.26. The predicted octanol–water partition coefficient (Wildman–Crippen LogP) is 3.28. The number of hydrogen-bond donors (Lipinski definition) is 3. The number of aliphatic imine (C=N–C) groups is 1.